The molecule has 1 aromatic heterocycles. The van der Waals surface area contributed by atoms with Gasteiger partial charge in [0.05, 0.1) is 12.6 Å². The number of hydrogen-bond donors (Lipinski definition) is 2. The quantitative estimate of drug-likeness (QED) is 0.885. The summed E-state index contributed by atoms with van der Waals surface area (Å²) in [5.41, 5.74) is 1.10. The van der Waals surface area contributed by atoms with E-state index in [2.05, 4.69) is 21.5 Å². The van der Waals surface area contributed by atoms with E-state index in [4.69, 9.17) is 4.74 Å². The van der Waals surface area contributed by atoms with Crippen molar-refractivity contribution in [1.29, 1.82) is 0 Å². The molecule has 2 heterocycles. The molecule has 1 unspecified atom stereocenters. The molecule has 0 fully saturated rings. The minimum atomic E-state index is -0.151. The lowest BCUT2D eigenvalue weighted by atomic mass is 10.0. The second-order valence-electron chi connectivity index (χ2n) is 4.66. The van der Waals surface area contributed by atoms with Crippen LogP contribution in [-0.4, -0.2) is 33.0 Å². The molecule has 1 aromatic carbocycles. The lowest BCUT2D eigenvalue weighted by Gasteiger charge is -2.26. The molecule has 0 spiro atoms. The van der Waals surface area contributed by atoms with Crippen LogP contribution >= 0.6 is 0 Å². The Morgan fingerprint density at radius 1 is 1.45 bits per heavy atom. The molecule has 2 aromatic rings. The SMILES string of the molecule is CCOc1ccccc1C1CCNc2nc(CO)nn21. The van der Waals surface area contributed by atoms with Crippen molar-refractivity contribution in [2.75, 3.05) is 18.5 Å². The van der Waals surface area contributed by atoms with Gasteiger partial charge in [0.25, 0.3) is 0 Å². The van der Waals surface area contributed by atoms with Crippen molar-refractivity contribution in [1.82, 2.24) is 14.8 Å². The topological polar surface area (TPSA) is 72.2 Å². The van der Waals surface area contributed by atoms with Crippen LogP contribution in [0.15, 0.2) is 24.3 Å². The number of aliphatic hydroxyl groups is 1. The molecule has 0 saturated carbocycles. The van der Waals surface area contributed by atoms with Crippen molar-refractivity contribution in [3.63, 3.8) is 0 Å². The molecule has 1 aliphatic rings. The van der Waals surface area contributed by atoms with Gasteiger partial charge in [-0.05, 0) is 19.4 Å². The normalized spacial score (nSPS) is 17.4. The van der Waals surface area contributed by atoms with E-state index >= 15 is 0 Å². The van der Waals surface area contributed by atoms with Gasteiger partial charge in [-0.15, -0.1) is 0 Å². The maximum atomic E-state index is 9.19. The Bertz CT molecular complexity index is 597. The predicted molar refractivity (Wildman–Crippen MR) is 74.8 cm³/mol. The maximum absolute atomic E-state index is 9.19. The fourth-order valence-corrected chi connectivity index (χ4v) is 2.55. The van der Waals surface area contributed by atoms with E-state index in [9.17, 15) is 5.11 Å². The number of fused-ring (bicyclic) bond motifs is 1. The molecule has 1 aliphatic heterocycles. The van der Waals surface area contributed by atoms with E-state index < -0.39 is 0 Å². The van der Waals surface area contributed by atoms with Crippen LogP contribution in [0.5, 0.6) is 5.75 Å². The number of aromatic nitrogens is 3. The summed E-state index contributed by atoms with van der Waals surface area (Å²) in [7, 11) is 0. The second-order valence-corrected chi connectivity index (χ2v) is 4.66. The van der Waals surface area contributed by atoms with Crippen molar-refractivity contribution >= 4 is 5.95 Å². The van der Waals surface area contributed by atoms with Crippen LogP contribution in [0.4, 0.5) is 5.95 Å². The first kappa shape index (κ1) is 12.9. The van der Waals surface area contributed by atoms with Crippen LogP contribution in [-0.2, 0) is 6.61 Å². The highest BCUT2D eigenvalue weighted by Gasteiger charge is 2.26. The third kappa shape index (κ3) is 2.22. The van der Waals surface area contributed by atoms with Gasteiger partial charge in [0, 0.05) is 12.1 Å². The molecule has 2 N–H and O–H groups in total. The minimum absolute atomic E-state index is 0.0850. The van der Waals surface area contributed by atoms with Gasteiger partial charge in [-0.1, -0.05) is 18.2 Å². The van der Waals surface area contributed by atoms with Crippen molar-refractivity contribution < 1.29 is 9.84 Å². The smallest absolute Gasteiger partial charge is 0.222 e. The van der Waals surface area contributed by atoms with Gasteiger partial charge < -0.3 is 15.2 Å². The first-order valence-corrected chi connectivity index (χ1v) is 6.85. The average molecular weight is 274 g/mol. The highest BCUT2D eigenvalue weighted by molar-refractivity contribution is 5.40. The molecular weight excluding hydrogens is 256 g/mol. The van der Waals surface area contributed by atoms with E-state index in [0.29, 0.717) is 18.4 Å². The zero-order chi connectivity index (χ0) is 13.9. The minimum Gasteiger partial charge on any atom is -0.494 e. The number of benzene rings is 1. The van der Waals surface area contributed by atoms with E-state index in [1.165, 1.54) is 0 Å². The van der Waals surface area contributed by atoms with E-state index in [1.807, 2.05) is 29.8 Å². The maximum Gasteiger partial charge on any atom is 0.222 e. The number of para-hydroxylation sites is 1. The molecule has 3 rings (SSSR count). The molecule has 6 nitrogen and oxygen atoms in total. The molecule has 1 atom stereocenters. The van der Waals surface area contributed by atoms with Crippen molar-refractivity contribution in [2.45, 2.75) is 26.0 Å². The van der Waals surface area contributed by atoms with E-state index in [1.54, 1.807) is 0 Å². The lowest BCUT2D eigenvalue weighted by molar-refractivity contribution is 0.269. The number of hydrogen-bond acceptors (Lipinski definition) is 5. The number of rotatable bonds is 4. The summed E-state index contributed by atoms with van der Waals surface area (Å²) < 4.78 is 7.55. The lowest BCUT2D eigenvalue weighted by Crippen LogP contribution is -2.25. The fourth-order valence-electron chi connectivity index (χ4n) is 2.55. The van der Waals surface area contributed by atoms with E-state index in [0.717, 1.165) is 24.3 Å². The molecular formula is C14H18N4O2. The summed E-state index contributed by atoms with van der Waals surface area (Å²) in [4.78, 5) is 4.27. The van der Waals surface area contributed by atoms with Gasteiger partial charge >= 0.3 is 0 Å². The zero-order valence-electron chi connectivity index (χ0n) is 11.4. The molecule has 0 saturated heterocycles. The predicted octanol–water partition coefficient (Wildman–Crippen LogP) is 1.57. The zero-order valence-corrected chi connectivity index (χ0v) is 11.4. The van der Waals surface area contributed by atoms with Gasteiger partial charge in [-0.3, -0.25) is 0 Å². The third-order valence-corrected chi connectivity index (χ3v) is 3.39. The van der Waals surface area contributed by atoms with Gasteiger partial charge in [0.1, 0.15) is 12.4 Å². The number of ether oxygens (including phenoxy) is 1. The van der Waals surface area contributed by atoms with Crippen LogP contribution < -0.4 is 10.1 Å². The van der Waals surface area contributed by atoms with Crippen LogP contribution in [0.3, 0.4) is 0 Å². The monoisotopic (exact) mass is 274 g/mol. The molecule has 0 aliphatic carbocycles. The summed E-state index contributed by atoms with van der Waals surface area (Å²) in [6.07, 6.45) is 0.908. The summed E-state index contributed by atoms with van der Waals surface area (Å²) in [5.74, 6) is 2.03. The molecule has 6 heteroatoms. The number of anilines is 1. The Labute approximate surface area is 117 Å². The van der Waals surface area contributed by atoms with Crippen molar-refractivity contribution in [3.05, 3.63) is 35.7 Å². The summed E-state index contributed by atoms with van der Waals surface area (Å²) in [6.45, 7) is 3.29. The molecule has 106 valence electrons. The fraction of sp³-hybridized carbons (Fsp3) is 0.429. The summed E-state index contributed by atoms with van der Waals surface area (Å²) in [5, 5.41) is 16.8. The Morgan fingerprint density at radius 2 is 2.30 bits per heavy atom. The van der Waals surface area contributed by atoms with Crippen LogP contribution in [0.1, 0.15) is 30.8 Å². The Morgan fingerprint density at radius 3 is 3.10 bits per heavy atom. The van der Waals surface area contributed by atoms with Crippen LogP contribution in [0, 0.1) is 0 Å². The number of nitrogens with one attached hydrogen (secondary N) is 1. The van der Waals surface area contributed by atoms with Gasteiger partial charge in [0.2, 0.25) is 5.95 Å². The summed E-state index contributed by atoms with van der Waals surface area (Å²) >= 11 is 0. The largest absolute Gasteiger partial charge is 0.494 e. The summed E-state index contributed by atoms with van der Waals surface area (Å²) in [6, 6.07) is 8.09. The molecule has 0 bridgehead atoms. The Balaban J connectivity index is 2.02. The number of aliphatic hydroxyl groups excluding tert-OH is 1. The van der Waals surface area contributed by atoms with Crippen LogP contribution in [0.2, 0.25) is 0 Å². The van der Waals surface area contributed by atoms with Gasteiger partial charge in [-0.2, -0.15) is 10.1 Å². The average Bonchev–Trinajstić information content (AvgIpc) is 2.91. The number of nitrogens with zero attached hydrogens (tertiary/aromatic N) is 3. The van der Waals surface area contributed by atoms with Gasteiger partial charge in [-0.25, -0.2) is 4.68 Å². The highest BCUT2D eigenvalue weighted by atomic mass is 16.5. The second kappa shape index (κ2) is 5.50. The standard InChI is InChI=1S/C14H18N4O2/c1-2-20-12-6-4-3-5-10(12)11-7-8-15-14-16-13(9-19)17-18(11)14/h3-6,11,19H,2,7-9H2,1H3,(H,15,16,17). The Kier molecular flexibility index (Phi) is 3.56. The van der Waals surface area contributed by atoms with Gasteiger partial charge in [0.15, 0.2) is 5.82 Å². The molecule has 0 radical (unpaired) electrons. The molecule has 20 heavy (non-hydrogen) atoms. The highest BCUT2D eigenvalue weighted by Crippen LogP contribution is 2.33. The molecule has 0 amide bonds. The van der Waals surface area contributed by atoms with E-state index in [-0.39, 0.29) is 12.6 Å². The van der Waals surface area contributed by atoms with Crippen molar-refractivity contribution in [3.8, 4) is 5.75 Å². The first-order valence-electron chi connectivity index (χ1n) is 6.85. The van der Waals surface area contributed by atoms with Crippen LogP contribution in [0.25, 0.3) is 0 Å². The first-order chi connectivity index (χ1) is 9.83. The third-order valence-electron chi connectivity index (χ3n) is 3.39. The Hall–Kier alpha value is -2.08. The van der Waals surface area contributed by atoms with Crippen molar-refractivity contribution in [2.24, 2.45) is 0 Å².